The number of halogens is 1. The normalized spacial score (nSPS) is 9.92. The lowest BCUT2D eigenvalue weighted by atomic mass is 10.3. The number of rotatable bonds is 3. The number of aliphatic carboxylic acids is 1. The van der Waals surface area contributed by atoms with E-state index in [4.69, 9.17) is 16.6 Å². The van der Waals surface area contributed by atoms with Crippen molar-refractivity contribution >= 4 is 30.0 Å². The monoisotopic (exact) mass is 194 g/mol. The second-order valence-corrected chi connectivity index (χ2v) is 1.73. The molecule has 0 radical (unpaired) electrons. The number of carbonyl (C=O) groups is 1. The first-order valence-corrected chi connectivity index (χ1v) is 2.96. The van der Waals surface area contributed by atoms with Crippen LogP contribution in [0.4, 0.5) is 0 Å². The first-order valence-electron chi connectivity index (χ1n) is 2.96. The maximum Gasteiger partial charge on any atom is 0.352 e. The van der Waals surface area contributed by atoms with Gasteiger partial charge in [0, 0.05) is 0 Å². The molecule has 0 heterocycles. The first-order chi connectivity index (χ1) is 5.07. The summed E-state index contributed by atoms with van der Waals surface area (Å²) in [6.45, 7) is 1.65. The van der Waals surface area contributed by atoms with Crippen LogP contribution in [0.5, 0.6) is 0 Å². The predicted molar refractivity (Wildman–Crippen MR) is 48.4 cm³/mol. The summed E-state index contributed by atoms with van der Waals surface area (Å²) < 4.78 is 0. The van der Waals surface area contributed by atoms with Crippen molar-refractivity contribution in [2.24, 2.45) is 21.7 Å². The summed E-state index contributed by atoms with van der Waals surface area (Å²) in [5.74, 6) is -1.37. The van der Waals surface area contributed by atoms with Crippen molar-refractivity contribution in [1.82, 2.24) is 0 Å². The van der Waals surface area contributed by atoms with Gasteiger partial charge in [-0.25, -0.2) is 4.79 Å². The van der Waals surface area contributed by atoms with Gasteiger partial charge in [0.1, 0.15) is 5.71 Å². The highest BCUT2D eigenvalue weighted by Crippen LogP contribution is 1.86. The molecule has 70 valence electrons. The predicted octanol–water partition coefficient (Wildman–Crippen LogP) is -0.468. The highest BCUT2D eigenvalue weighted by Gasteiger charge is 2.04. The Balaban J connectivity index is 0. The number of nitrogens with two attached hydrogens (primary N) is 2. The number of guanidine groups is 1. The second-order valence-electron chi connectivity index (χ2n) is 1.73. The van der Waals surface area contributed by atoms with Gasteiger partial charge in [-0.3, -0.25) is 0 Å². The Bertz CT molecular complexity index is 209. The summed E-state index contributed by atoms with van der Waals surface area (Å²) >= 11 is 0. The summed E-state index contributed by atoms with van der Waals surface area (Å²) in [4.78, 5) is 10.3. The van der Waals surface area contributed by atoms with Crippen LogP contribution in [-0.2, 0) is 4.79 Å². The SMILES string of the molecule is CCC(=NN=C(N)N)C(=O)O.Cl. The van der Waals surface area contributed by atoms with E-state index in [1.807, 2.05) is 0 Å². The standard InChI is InChI=1S/C5H10N4O2.ClH/c1-2-3(4(10)11)8-9-5(6)7;/h2H2,1H3,(H,10,11)(H4,6,7,9);1H. The summed E-state index contributed by atoms with van der Waals surface area (Å²) in [7, 11) is 0. The molecule has 0 aromatic heterocycles. The fourth-order valence-corrected chi connectivity index (χ4v) is 0.383. The molecule has 0 saturated carbocycles. The van der Waals surface area contributed by atoms with Crippen molar-refractivity contribution < 1.29 is 9.90 Å². The molecule has 0 aliphatic carbocycles. The molecule has 5 N–H and O–H groups in total. The molecule has 12 heavy (non-hydrogen) atoms. The maximum atomic E-state index is 10.3. The number of hydrogen-bond donors (Lipinski definition) is 3. The molecular weight excluding hydrogens is 184 g/mol. The highest BCUT2D eigenvalue weighted by molar-refractivity contribution is 6.35. The van der Waals surface area contributed by atoms with Gasteiger partial charge in [0.05, 0.1) is 0 Å². The van der Waals surface area contributed by atoms with Crippen LogP contribution < -0.4 is 11.5 Å². The van der Waals surface area contributed by atoms with Crippen molar-refractivity contribution in [2.45, 2.75) is 13.3 Å². The van der Waals surface area contributed by atoms with Crippen LogP contribution >= 0.6 is 12.4 Å². The summed E-state index contributed by atoms with van der Waals surface area (Å²) in [6, 6.07) is 0. The van der Waals surface area contributed by atoms with Crippen LogP contribution in [0.2, 0.25) is 0 Å². The molecule has 0 rings (SSSR count). The summed E-state index contributed by atoms with van der Waals surface area (Å²) in [5.41, 5.74) is 9.78. The van der Waals surface area contributed by atoms with Crippen molar-refractivity contribution in [3.63, 3.8) is 0 Å². The Morgan fingerprint density at radius 3 is 2.17 bits per heavy atom. The van der Waals surface area contributed by atoms with E-state index in [1.165, 1.54) is 0 Å². The second kappa shape index (κ2) is 6.41. The van der Waals surface area contributed by atoms with E-state index in [1.54, 1.807) is 6.92 Å². The molecule has 0 aliphatic heterocycles. The Kier molecular flexibility index (Phi) is 7.11. The van der Waals surface area contributed by atoms with Crippen LogP contribution in [0.25, 0.3) is 0 Å². The Morgan fingerprint density at radius 2 is 1.92 bits per heavy atom. The van der Waals surface area contributed by atoms with E-state index < -0.39 is 5.97 Å². The van der Waals surface area contributed by atoms with Gasteiger partial charge in [0.25, 0.3) is 0 Å². The fraction of sp³-hybridized carbons (Fsp3) is 0.400. The van der Waals surface area contributed by atoms with E-state index in [0.29, 0.717) is 0 Å². The molecule has 0 aromatic carbocycles. The quantitative estimate of drug-likeness (QED) is 0.320. The van der Waals surface area contributed by atoms with E-state index in [9.17, 15) is 4.79 Å². The van der Waals surface area contributed by atoms with Crippen LogP contribution in [0, 0.1) is 0 Å². The molecule has 0 aliphatic rings. The third-order valence-corrected chi connectivity index (χ3v) is 0.868. The lowest BCUT2D eigenvalue weighted by Gasteiger charge is -1.91. The number of carboxylic acids is 1. The zero-order valence-electron chi connectivity index (χ0n) is 6.52. The topological polar surface area (TPSA) is 114 Å². The average molecular weight is 195 g/mol. The first kappa shape index (κ1) is 13.3. The van der Waals surface area contributed by atoms with E-state index in [-0.39, 0.29) is 30.5 Å². The highest BCUT2D eigenvalue weighted by atomic mass is 35.5. The van der Waals surface area contributed by atoms with E-state index in [2.05, 4.69) is 10.2 Å². The zero-order chi connectivity index (χ0) is 8.85. The Labute approximate surface area is 75.7 Å². The molecular formula is C5H11ClN4O2. The van der Waals surface area contributed by atoms with Gasteiger partial charge in [-0.05, 0) is 6.42 Å². The molecule has 6 nitrogen and oxygen atoms in total. The molecule has 0 aromatic rings. The van der Waals surface area contributed by atoms with Gasteiger partial charge in [-0.1, -0.05) is 6.92 Å². The third-order valence-electron chi connectivity index (χ3n) is 0.868. The van der Waals surface area contributed by atoms with Crippen LogP contribution in [0.3, 0.4) is 0 Å². The minimum atomic E-state index is -1.11. The number of nitrogens with zero attached hydrogens (tertiary/aromatic N) is 2. The van der Waals surface area contributed by atoms with Gasteiger partial charge in [0.15, 0.2) is 0 Å². The van der Waals surface area contributed by atoms with Crippen molar-refractivity contribution in [3.8, 4) is 0 Å². The molecule has 7 heteroatoms. The molecule has 0 bridgehead atoms. The van der Waals surface area contributed by atoms with E-state index >= 15 is 0 Å². The van der Waals surface area contributed by atoms with Gasteiger partial charge in [0.2, 0.25) is 5.96 Å². The van der Waals surface area contributed by atoms with Gasteiger partial charge in [-0.15, -0.1) is 22.6 Å². The molecule has 0 amide bonds. The van der Waals surface area contributed by atoms with Crippen LogP contribution in [-0.4, -0.2) is 22.7 Å². The number of hydrogen-bond acceptors (Lipinski definition) is 3. The molecule has 0 saturated heterocycles. The fourth-order valence-electron chi connectivity index (χ4n) is 0.383. The Morgan fingerprint density at radius 1 is 1.42 bits per heavy atom. The Hall–Kier alpha value is -1.30. The lowest BCUT2D eigenvalue weighted by Crippen LogP contribution is -2.22. The van der Waals surface area contributed by atoms with Crippen LogP contribution in [0.1, 0.15) is 13.3 Å². The molecule has 0 spiro atoms. The van der Waals surface area contributed by atoms with Crippen molar-refractivity contribution in [1.29, 1.82) is 0 Å². The van der Waals surface area contributed by atoms with Crippen molar-refractivity contribution in [2.75, 3.05) is 0 Å². The third kappa shape index (κ3) is 5.48. The van der Waals surface area contributed by atoms with Crippen LogP contribution in [0.15, 0.2) is 10.2 Å². The van der Waals surface area contributed by atoms with Gasteiger partial charge < -0.3 is 16.6 Å². The smallest absolute Gasteiger partial charge is 0.352 e. The van der Waals surface area contributed by atoms with Gasteiger partial charge in [-0.2, -0.15) is 0 Å². The zero-order valence-corrected chi connectivity index (χ0v) is 7.34. The molecule has 0 fully saturated rings. The average Bonchev–Trinajstić information content (AvgIpc) is 1.87. The van der Waals surface area contributed by atoms with Gasteiger partial charge >= 0.3 is 5.97 Å². The summed E-state index contributed by atoms with van der Waals surface area (Å²) in [5, 5.41) is 14.9. The maximum absolute atomic E-state index is 10.3. The lowest BCUT2D eigenvalue weighted by molar-refractivity contribution is -0.129. The minimum absolute atomic E-state index is 0. The number of carboxylic acid groups (broad SMARTS) is 1. The molecule has 0 unspecified atom stereocenters. The summed E-state index contributed by atoms with van der Waals surface area (Å²) in [6.07, 6.45) is 0.284. The van der Waals surface area contributed by atoms with E-state index in [0.717, 1.165) is 0 Å². The minimum Gasteiger partial charge on any atom is -0.477 e. The van der Waals surface area contributed by atoms with Crippen molar-refractivity contribution in [3.05, 3.63) is 0 Å². The largest absolute Gasteiger partial charge is 0.477 e. The molecule has 0 atom stereocenters.